The van der Waals surface area contributed by atoms with Crippen molar-refractivity contribution in [2.24, 2.45) is 0 Å². The Morgan fingerprint density at radius 2 is 2.05 bits per heavy atom. The summed E-state index contributed by atoms with van der Waals surface area (Å²) in [6.45, 7) is 4.14. The fraction of sp³-hybridized carbons (Fsp3) is 0.375. The fourth-order valence-electron chi connectivity index (χ4n) is 2.54. The molecule has 1 aliphatic rings. The molecule has 0 saturated heterocycles. The van der Waals surface area contributed by atoms with Crippen LogP contribution in [-0.2, 0) is 13.0 Å². The van der Waals surface area contributed by atoms with Crippen LogP contribution in [0.15, 0.2) is 35.7 Å². The second kappa shape index (κ2) is 6.29. The van der Waals surface area contributed by atoms with Gasteiger partial charge in [0.2, 0.25) is 0 Å². The summed E-state index contributed by atoms with van der Waals surface area (Å²) >= 11 is 1.89. The van der Waals surface area contributed by atoms with Gasteiger partial charge in [-0.1, -0.05) is 0 Å². The third-order valence-electron chi connectivity index (χ3n) is 3.65. The first-order valence-corrected chi connectivity index (χ1v) is 7.95. The van der Waals surface area contributed by atoms with Crippen LogP contribution in [0.25, 0.3) is 0 Å². The van der Waals surface area contributed by atoms with Crippen LogP contribution in [0.4, 0.5) is 5.69 Å². The van der Waals surface area contributed by atoms with Gasteiger partial charge in [-0.05, 0) is 54.1 Å². The smallest absolute Gasteiger partial charge is 0.119 e. The predicted octanol–water partition coefficient (Wildman–Crippen LogP) is 3.16. The van der Waals surface area contributed by atoms with Crippen molar-refractivity contribution in [2.75, 3.05) is 25.4 Å². The molecule has 4 heteroatoms. The zero-order valence-corrected chi connectivity index (χ0v) is 12.4. The fourth-order valence-corrected chi connectivity index (χ4v) is 3.43. The van der Waals surface area contributed by atoms with E-state index in [1.165, 1.54) is 18.5 Å². The summed E-state index contributed by atoms with van der Waals surface area (Å²) < 4.78 is 5.73. The first-order valence-electron chi connectivity index (χ1n) is 7.07. The molecule has 0 radical (unpaired) electrons. The van der Waals surface area contributed by atoms with E-state index in [0.717, 1.165) is 37.6 Å². The third kappa shape index (κ3) is 3.32. The predicted molar refractivity (Wildman–Crippen MR) is 84.3 cm³/mol. The molecule has 3 nitrogen and oxygen atoms in total. The van der Waals surface area contributed by atoms with Crippen molar-refractivity contribution in [3.63, 3.8) is 0 Å². The van der Waals surface area contributed by atoms with Crippen molar-refractivity contribution in [1.82, 2.24) is 4.90 Å². The molecule has 1 aliphatic heterocycles. The van der Waals surface area contributed by atoms with Crippen molar-refractivity contribution in [3.8, 4) is 5.75 Å². The Hall–Kier alpha value is -1.52. The quantitative estimate of drug-likeness (QED) is 0.678. The molecule has 0 unspecified atom stereocenters. The molecule has 0 atom stereocenters. The Balaban J connectivity index is 1.39. The molecule has 0 amide bonds. The highest BCUT2D eigenvalue weighted by molar-refractivity contribution is 7.10. The number of thiophene rings is 1. The SMILES string of the molecule is Nc1ccc(OCCCN2CCc3sccc3C2)cc1. The van der Waals surface area contributed by atoms with Crippen LogP contribution >= 0.6 is 11.3 Å². The largest absolute Gasteiger partial charge is 0.494 e. The molecule has 0 saturated carbocycles. The van der Waals surface area contributed by atoms with Gasteiger partial charge in [0.05, 0.1) is 6.61 Å². The minimum atomic E-state index is 0.761. The van der Waals surface area contributed by atoms with Gasteiger partial charge in [-0.15, -0.1) is 11.3 Å². The number of nitrogens with two attached hydrogens (primary N) is 1. The summed E-state index contributed by atoms with van der Waals surface area (Å²) in [5.41, 5.74) is 7.94. The topological polar surface area (TPSA) is 38.5 Å². The van der Waals surface area contributed by atoms with Gasteiger partial charge in [0.1, 0.15) is 5.75 Å². The number of rotatable bonds is 5. The van der Waals surface area contributed by atoms with Crippen LogP contribution < -0.4 is 10.5 Å². The van der Waals surface area contributed by atoms with Gasteiger partial charge in [0.15, 0.2) is 0 Å². The summed E-state index contributed by atoms with van der Waals surface area (Å²) in [5, 5.41) is 2.21. The summed E-state index contributed by atoms with van der Waals surface area (Å²) in [7, 11) is 0. The average molecular weight is 288 g/mol. The monoisotopic (exact) mass is 288 g/mol. The van der Waals surface area contributed by atoms with Crippen LogP contribution in [-0.4, -0.2) is 24.6 Å². The number of anilines is 1. The Morgan fingerprint density at radius 1 is 1.20 bits per heavy atom. The Morgan fingerprint density at radius 3 is 2.90 bits per heavy atom. The van der Waals surface area contributed by atoms with E-state index in [0.29, 0.717) is 0 Å². The Kier molecular flexibility index (Phi) is 4.23. The van der Waals surface area contributed by atoms with E-state index in [2.05, 4.69) is 16.3 Å². The number of fused-ring (bicyclic) bond motifs is 1. The van der Waals surface area contributed by atoms with Gasteiger partial charge in [-0.3, -0.25) is 4.90 Å². The van der Waals surface area contributed by atoms with E-state index in [9.17, 15) is 0 Å². The molecular weight excluding hydrogens is 268 g/mol. The van der Waals surface area contributed by atoms with Crippen LogP contribution in [0.1, 0.15) is 16.9 Å². The Bertz CT molecular complexity index is 550. The van der Waals surface area contributed by atoms with E-state index < -0.39 is 0 Å². The van der Waals surface area contributed by atoms with Crippen LogP contribution in [0.2, 0.25) is 0 Å². The van der Waals surface area contributed by atoms with Crippen LogP contribution in [0.3, 0.4) is 0 Å². The first-order chi connectivity index (χ1) is 9.81. The van der Waals surface area contributed by atoms with E-state index >= 15 is 0 Å². The van der Waals surface area contributed by atoms with Crippen molar-refractivity contribution in [1.29, 1.82) is 0 Å². The molecular formula is C16H20N2OS. The van der Waals surface area contributed by atoms with Gasteiger partial charge < -0.3 is 10.5 Å². The number of hydrogen-bond donors (Lipinski definition) is 1. The van der Waals surface area contributed by atoms with Gasteiger partial charge in [-0.25, -0.2) is 0 Å². The molecule has 0 fully saturated rings. The zero-order valence-electron chi connectivity index (χ0n) is 11.5. The second-order valence-electron chi connectivity index (χ2n) is 5.17. The standard InChI is InChI=1S/C16H20N2OS/c17-14-2-4-15(5-3-14)19-10-1-8-18-9-6-16-13(12-18)7-11-20-16/h2-5,7,11H,1,6,8-10,12,17H2. The van der Waals surface area contributed by atoms with E-state index in [1.54, 1.807) is 4.88 Å². The minimum absolute atomic E-state index is 0.761. The lowest BCUT2D eigenvalue weighted by atomic mass is 10.1. The van der Waals surface area contributed by atoms with Gasteiger partial charge in [0.25, 0.3) is 0 Å². The maximum Gasteiger partial charge on any atom is 0.119 e. The molecule has 2 heterocycles. The molecule has 3 rings (SSSR count). The Labute approximate surface area is 124 Å². The molecule has 106 valence electrons. The lowest BCUT2D eigenvalue weighted by molar-refractivity contribution is 0.222. The number of benzene rings is 1. The summed E-state index contributed by atoms with van der Waals surface area (Å²) in [5.74, 6) is 0.901. The first kappa shape index (κ1) is 13.5. The van der Waals surface area contributed by atoms with Gasteiger partial charge >= 0.3 is 0 Å². The molecule has 0 aliphatic carbocycles. The van der Waals surface area contributed by atoms with Crippen molar-refractivity contribution < 1.29 is 4.74 Å². The summed E-state index contributed by atoms with van der Waals surface area (Å²) in [6.07, 6.45) is 2.26. The highest BCUT2D eigenvalue weighted by Crippen LogP contribution is 2.23. The number of hydrogen-bond acceptors (Lipinski definition) is 4. The summed E-state index contributed by atoms with van der Waals surface area (Å²) in [6, 6.07) is 9.86. The zero-order chi connectivity index (χ0) is 13.8. The second-order valence-corrected chi connectivity index (χ2v) is 6.17. The number of nitrogen functional groups attached to an aromatic ring is 1. The van der Waals surface area contributed by atoms with E-state index in [1.807, 2.05) is 35.6 Å². The highest BCUT2D eigenvalue weighted by Gasteiger charge is 2.16. The van der Waals surface area contributed by atoms with Gasteiger partial charge in [0, 0.05) is 30.2 Å². The van der Waals surface area contributed by atoms with Crippen LogP contribution in [0.5, 0.6) is 5.75 Å². The third-order valence-corrected chi connectivity index (χ3v) is 4.68. The maximum absolute atomic E-state index is 5.73. The molecule has 0 spiro atoms. The van der Waals surface area contributed by atoms with Crippen molar-refractivity contribution >= 4 is 17.0 Å². The average Bonchev–Trinajstić information content (AvgIpc) is 2.93. The number of ether oxygens (including phenoxy) is 1. The summed E-state index contributed by atoms with van der Waals surface area (Å²) in [4.78, 5) is 4.08. The lowest BCUT2D eigenvalue weighted by Gasteiger charge is -2.26. The maximum atomic E-state index is 5.73. The number of nitrogens with zero attached hydrogens (tertiary/aromatic N) is 1. The van der Waals surface area contributed by atoms with Crippen molar-refractivity contribution in [3.05, 3.63) is 46.2 Å². The molecule has 2 aromatic rings. The normalized spacial score (nSPS) is 15.0. The van der Waals surface area contributed by atoms with Crippen molar-refractivity contribution in [2.45, 2.75) is 19.4 Å². The molecule has 1 aromatic carbocycles. The van der Waals surface area contributed by atoms with E-state index in [-0.39, 0.29) is 0 Å². The lowest BCUT2D eigenvalue weighted by Crippen LogP contribution is -2.31. The van der Waals surface area contributed by atoms with E-state index in [4.69, 9.17) is 10.5 Å². The van der Waals surface area contributed by atoms with Gasteiger partial charge in [-0.2, -0.15) is 0 Å². The molecule has 0 bridgehead atoms. The highest BCUT2D eigenvalue weighted by atomic mass is 32.1. The molecule has 1 aromatic heterocycles. The molecule has 20 heavy (non-hydrogen) atoms. The van der Waals surface area contributed by atoms with Crippen LogP contribution in [0, 0.1) is 0 Å². The molecule has 2 N–H and O–H groups in total. The minimum Gasteiger partial charge on any atom is -0.494 e.